The van der Waals surface area contributed by atoms with Crippen LogP contribution in [-0.2, 0) is 11.8 Å². The lowest BCUT2D eigenvalue weighted by Crippen LogP contribution is -2.17. The van der Waals surface area contributed by atoms with E-state index in [9.17, 15) is 9.18 Å². The van der Waals surface area contributed by atoms with E-state index < -0.39 is 0 Å². The van der Waals surface area contributed by atoms with E-state index in [4.69, 9.17) is 9.72 Å². The number of nitrogens with one attached hydrogen (secondary N) is 1. The number of ketones is 1. The maximum Gasteiger partial charge on any atom is 0.166 e. The number of benzene rings is 1. The molecule has 3 heterocycles. The lowest BCUT2D eigenvalue weighted by Gasteiger charge is -2.21. The summed E-state index contributed by atoms with van der Waals surface area (Å²) in [6.07, 6.45) is 5.55. The number of Topliss-reactive ketones (excluding diaryl/α,β-unsaturated/α-hetero) is 1. The minimum atomic E-state index is -0.322. The fourth-order valence-electron chi connectivity index (χ4n) is 4.27. The maximum atomic E-state index is 13.7. The molecule has 0 spiro atoms. The molecule has 2 atom stereocenters. The Morgan fingerprint density at radius 1 is 1.34 bits per heavy atom. The molecule has 32 heavy (non-hydrogen) atoms. The monoisotopic (exact) mass is 437 g/mol. The van der Waals surface area contributed by atoms with E-state index in [1.54, 1.807) is 37.3 Å². The van der Waals surface area contributed by atoms with Gasteiger partial charge < -0.3 is 9.72 Å². The first-order chi connectivity index (χ1) is 15.4. The molecular formula is C24H28FN5O2. The topological polar surface area (TPSA) is 85.7 Å². The summed E-state index contributed by atoms with van der Waals surface area (Å²) in [5, 5.41) is 5.29. The molecule has 1 N–H and O–H groups in total. The Labute approximate surface area is 186 Å². The second kappa shape index (κ2) is 9.16. The Balaban J connectivity index is 1.62. The van der Waals surface area contributed by atoms with Crippen molar-refractivity contribution >= 4 is 27.9 Å². The van der Waals surface area contributed by atoms with E-state index in [0.29, 0.717) is 58.5 Å². The standard InChI is InChI=1S/C24H28FN5O2/c1-5-15(13-32-4)14(2)6-9-21(31)18-11-26-24-23(18)28-19(12-27-24)22-17-8-7-16(25)10-20(17)30(3)29-22/h7-8,10-12,14-15H,5-6,9,13H2,1-4H3,(H,26,27)/t14-,15?/m1/s1. The highest BCUT2D eigenvalue weighted by molar-refractivity contribution is 6.06. The summed E-state index contributed by atoms with van der Waals surface area (Å²) < 4.78 is 20.6. The number of aryl methyl sites for hydroxylation is 1. The third-order valence-electron chi connectivity index (χ3n) is 6.27. The number of ether oxygens (including phenoxy) is 1. The van der Waals surface area contributed by atoms with E-state index in [2.05, 4.69) is 28.9 Å². The number of nitrogens with zero attached hydrogens (tertiary/aromatic N) is 4. The van der Waals surface area contributed by atoms with Crippen LogP contribution < -0.4 is 0 Å². The second-order valence-electron chi connectivity index (χ2n) is 8.35. The molecule has 4 aromatic rings. The van der Waals surface area contributed by atoms with Gasteiger partial charge in [0.1, 0.15) is 22.7 Å². The summed E-state index contributed by atoms with van der Waals surface area (Å²) in [4.78, 5) is 25.2. The van der Waals surface area contributed by atoms with Crippen molar-refractivity contribution in [1.29, 1.82) is 0 Å². The van der Waals surface area contributed by atoms with Gasteiger partial charge in [0.15, 0.2) is 11.4 Å². The predicted molar refractivity (Wildman–Crippen MR) is 122 cm³/mol. The van der Waals surface area contributed by atoms with Crippen LogP contribution in [0.3, 0.4) is 0 Å². The van der Waals surface area contributed by atoms with Crippen LogP contribution in [0.25, 0.3) is 33.5 Å². The molecule has 0 fully saturated rings. The molecule has 0 bridgehead atoms. The largest absolute Gasteiger partial charge is 0.384 e. The average Bonchev–Trinajstić information content (AvgIpc) is 3.36. The average molecular weight is 438 g/mol. The van der Waals surface area contributed by atoms with Crippen molar-refractivity contribution in [2.24, 2.45) is 18.9 Å². The molecule has 0 radical (unpaired) electrons. The van der Waals surface area contributed by atoms with Crippen molar-refractivity contribution in [3.05, 3.63) is 42.0 Å². The maximum absolute atomic E-state index is 13.7. The molecule has 7 nitrogen and oxygen atoms in total. The molecule has 3 aromatic heterocycles. The fraction of sp³-hybridized carbons (Fsp3) is 0.417. The van der Waals surface area contributed by atoms with Crippen molar-refractivity contribution in [1.82, 2.24) is 24.7 Å². The van der Waals surface area contributed by atoms with Crippen LogP contribution in [0.2, 0.25) is 0 Å². The Morgan fingerprint density at radius 2 is 2.16 bits per heavy atom. The highest BCUT2D eigenvalue weighted by atomic mass is 19.1. The van der Waals surface area contributed by atoms with Crippen molar-refractivity contribution in [3.8, 4) is 11.4 Å². The van der Waals surface area contributed by atoms with Gasteiger partial charge in [-0.25, -0.2) is 14.4 Å². The number of hydrogen-bond acceptors (Lipinski definition) is 5. The van der Waals surface area contributed by atoms with Crippen molar-refractivity contribution < 1.29 is 13.9 Å². The molecule has 168 valence electrons. The van der Waals surface area contributed by atoms with Crippen LogP contribution in [0.1, 0.15) is 43.5 Å². The number of methoxy groups -OCH3 is 1. The van der Waals surface area contributed by atoms with Crippen LogP contribution in [0, 0.1) is 17.7 Å². The minimum Gasteiger partial charge on any atom is -0.384 e. The first-order valence-electron chi connectivity index (χ1n) is 10.9. The number of rotatable bonds is 9. The van der Waals surface area contributed by atoms with Gasteiger partial charge in [-0.1, -0.05) is 20.3 Å². The minimum absolute atomic E-state index is 0.0368. The van der Waals surface area contributed by atoms with Crippen LogP contribution in [0.15, 0.2) is 30.6 Å². The third-order valence-corrected chi connectivity index (χ3v) is 6.27. The van der Waals surface area contributed by atoms with E-state index >= 15 is 0 Å². The summed E-state index contributed by atoms with van der Waals surface area (Å²) >= 11 is 0. The number of aromatic nitrogens is 5. The van der Waals surface area contributed by atoms with Crippen molar-refractivity contribution in [2.75, 3.05) is 13.7 Å². The molecule has 0 aliphatic carbocycles. The number of carbonyl (C=O) groups excluding carboxylic acids is 1. The number of carbonyl (C=O) groups is 1. The van der Waals surface area contributed by atoms with E-state index in [1.807, 2.05) is 0 Å². The van der Waals surface area contributed by atoms with Gasteiger partial charge in [0, 0.05) is 38.8 Å². The van der Waals surface area contributed by atoms with Gasteiger partial charge in [0.2, 0.25) is 0 Å². The van der Waals surface area contributed by atoms with Gasteiger partial charge in [-0.2, -0.15) is 5.10 Å². The zero-order chi connectivity index (χ0) is 22.8. The molecule has 0 saturated heterocycles. The number of H-pyrrole nitrogens is 1. The van der Waals surface area contributed by atoms with Crippen LogP contribution in [-0.4, -0.2) is 44.2 Å². The van der Waals surface area contributed by atoms with Gasteiger partial charge in [-0.3, -0.25) is 9.48 Å². The Hall–Kier alpha value is -3.13. The van der Waals surface area contributed by atoms with E-state index in [-0.39, 0.29) is 11.6 Å². The van der Waals surface area contributed by atoms with Crippen LogP contribution in [0.4, 0.5) is 4.39 Å². The highest BCUT2D eigenvalue weighted by Crippen LogP contribution is 2.29. The molecule has 0 aliphatic heterocycles. The molecule has 1 unspecified atom stereocenters. The van der Waals surface area contributed by atoms with Gasteiger partial charge in [0.25, 0.3) is 0 Å². The quantitative estimate of drug-likeness (QED) is 0.376. The van der Waals surface area contributed by atoms with Gasteiger partial charge in [0.05, 0.1) is 17.3 Å². The Bertz CT molecular complexity index is 1260. The Morgan fingerprint density at radius 3 is 2.91 bits per heavy atom. The molecule has 0 aliphatic rings. The first-order valence-corrected chi connectivity index (χ1v) is 10.9. The lowest BCUT2D eigenvalue weighted by molar-refractivity contribution is 0.0942. The molecular weight excluding hydrogens is 409 g/mol. The van der Waals surface area contributed by atoms with Gasteiger partial charge >= 0.3 is 0 Å². The van der Waals surface area contributed by atoms with Crippen LogP contribution in [0.5, 0.6) is 0 Å². The fourth-order valence-corrected chi connectivity index (χ4v) is 4.27. The summed E-state index contributed by atoms with van der Waals surface area (Å²) in [6, 6.07) is 4.53. The van der Waals surface area contributed by atoms with Crippen molar-refractivity contribution in [3.63, 3.8) is 0 Å². The molecule has 8 heteroatoms. The highest BCUT2D eigenvalue weighted by Gasteiger charge is 2.21. The van der Waals surface area contributed by atoms with E-state index in [0.717, 1.165) is 18.2 Å². The summed E-state index contributed by atoms with van der Waals surface area (Å²) in [5.41, 5.74) is 3.45. The second-order valence-corrected chi connectivity index (χ2v) is 8.35. The Kier molecular flexibility index (Phi) is 6.32. The van der Waals surface area contributed by atoms with E-state index in [1.165, 1.54) is 12.1 Å². The zero-order valence-electron chi connectivity index (χ0n) is 18.9. The molecule has 0 amide bonds. The number of aromatic amines is 1. The molecule has 0 saturated carbocycles. The summed E-state index contributed by atoms with van der Waals surface area (Å²) in [7, 11) is 3.47. The molecule has 1 aromatic carbocycles. The normalized spacial score (nSPS) is 13.7. The number of halogens is 1. The third kappa shape index (κ3) is 4.14. The summed E-state index contributed by atoms with van der Waals surface area (Å²) in [5.74, 6) is 0.535. The molecule has 4 rings (SSSR count). The number of hydrogen-bond donors (Lipinski definition) is 1. The summed E-state index contributed by atoms with van der Waals surface area (Å²) in [6.45, 7) is 5.02. The van der Waals surface area contributed by atoms with Gasteiger partial charge in [-0.05, 0) is 36.5 Å². The first kappa shape index (κ1) is 22.1. The van der Waals surface area contributed by atoms with Crippen molar-refractivity contribution in [2.45, 2.75) is 33.1 Å². The number of fused-ring (bicyclic) bond motifs is 2. The smallest absolute Gasteiger partial charge is 0.166 e. The lowest BCUT2D eigenvalue weighted by atomic mass is 9.87. The van der Waals surface area contributed by atoms with Gasteiger partial charge in [-0.15, -0.1) is 0 Å². The predicted octanol–water partition coefficient (Wildman–Crippen LogP) is 4.92. The zero-order valence-corrected chi connectivity index (χ0v) is 18.9. The SMILES string of the molecule is CCC(COC)[C@H](C)CCC(=O)c1c[nH]c2ncc(-c3nn(C)c4cc(F)ccc34)nc12. The van der Waals surface area contributed by atoms with Crippen LogP contribution >= 0.6 is 0 Å².